The number of nitrogens with one attached hydrogen (secondary N) is 1. The molecule has 1 aliphatic carbocycles. The second-order valence-electron chi connectivity index (χ2n) is 6.77. The fourth-order valence-corrected chi connectivity index (χ4v) is 4.70. The lowest BCUT2D eigenvalue weighted by molar-refractivity contribution is -0.294. The topological polar surface area (TPSA) is 127 Å². The summed E-state index contributed by atoms with van der Waals surface area (Å²) in [6.45, 7) is 0. The van der Waals surface area contributed by atoms with E-state index in [1.54, 1.807) is 24.5 Å². The van der Waals surface area contributed by atoms with Crippen LogP contribution >= 0.6 is 0 Å². The van der Waals surface area contributed by atoms with Crippen LogP contribution in [0.5, 0.6) is 0 Å². The number of ether oxygens (including phenoxy) is 2. The van der Waals surface area contributed by atoms with Crippen molar-refractivity contribution in [3.05, 3.63) is 30.1 Å². The molecule has 1 aromatic rings. The zero-order chi connectivity index (χ0) is 17.7. The third-order valence-corrected chi connectivity index (χ3v) is 5.83. The Balaban J connectivity index is 2.01. The van der Waals surface area contributed by atoms with Crippen molar-refractivity contribution >= 4 is 5.90 Å². The van der Waals surface area contributed by atoms with Gasteiger partial charge < -0.3 is 9.47 Å². The van der Waals surface area contributed by atoms with Gasteiger partial charge in [0.15, 0.2) is 5.41 Å². The minimum atomic E-state index is -1.86. The third kappa shape index (κ3) is 1.60. The summed E-state index contributed by atoms with van der Waals surface area (Å²) in [7, 11) is 0. The minimum absolute atomic E-state index is 0.318. The molecule has 0 radical (unpaired) electrons. The zero-order valence-electron chi connectivity index (χ0n) is 13.4. The highest BCUT2D eigenvalue weighted by molar-refractivity contribution is 5.89. The molecule has 2 aliphatic heterocycles. The molecule has 3 aliphatic rings. The number of rotatable bonds is 1. The maximum Gasteiger partial charge on any atom is 0.217 e. The highest BCUT2D eigenvalue weighted by Crippen LogP contribution is 2.69. The van der Waals surface area contributed by atoms with Gasteiger partial charge in [-0.15, -0.1) is 0 Å². The monoisotopic (exact) mass is 333 g/mol. The molecule has 3 heterocycles. The molecular weight excluding hydrogens is 318 g/mol. The largest absolute Gasteiger partial charge is 0.447 e. The molecule has 25 heavy (non-hydrogen) atoms. The van der Waals surface area contributed by atoms with Crippen molar-refractivity contribution in [2.45, 2.75) is 37.6 Å². The van der Waals surface area contributed by atoms with E-state index in [2.05, 4.69) is 11.1 Å². The summed E-state index contributed by atoms with van der Waals surface area (Å²) < 4.78 is 12.1. The first-order chi connectivity index (χ1) is 12.1. The van der Waals surface area contributed by atoms with Crippen molar-refractivity contribution in [2.75, 3.05) is 0 Å². The molecule has 4 rings (SSSR count). The highest BCUT2D eigenvalue weighted by Gasteiger charge is 2.80. The molecule has 124 valence electrons. The SMILES string of the molecule is N#CC1(C#N)[C@H](c2ccncc2)O[C@@]23CCCC[C@@H]2[C@@]1(C#N)C(=N)O3. The Morgan fingerprint density at radius 2 is 1.84 bits per heavy atom. The first kappa shape index (κ1) is 15.6. The van der Waals surface area contributed by atoms with Crippen LogP contribution in [0.1, 0.15) is 37.4 Å². The van der Waals surface area contributed by atoms with Crippen LogP contribution in [0.3, 0.4) is 0 Å². The predicted molar refractivity (Wildman–Crippen MR) is 83.3 cm³/mol. The first-order valence-electron chi connectivity index (χ1n) is 8.20. The molecule has 7 nitrogen and oxygen atoms in total. The predicted octanol–water partition coefficient (Wildman–Crippen LogP) is 2.59. The molecule has 1 N–H and O–H groups in total. The van der Waals surface area contributed by atoms with Crippen molar-refractivity contribution in [3.63, 3.8) is 0 Å². The molecule has 0 aromatic carbocycles. The Morgan fingerprint density at radius 1 is 1.12 bits per heavy atom. The van der Waals surface area contributed by atoms with Crippen LogP contribution in [0.25, 0.3) is 0 Å². The molecule has 2 bridgehead atoms. The second kappa shape index (κ2) is 5.02. The van der Waals surface area contributed by atoms with Crippen molar-refractivity contribution in [3.8, 4) is 18.2 Å². The van der Waals surface area contributed by atoms with Gasteiger partial charge in [-0.2, -0.15) is 15.8 Å². The summed E-state index contributed by atoms with van der Waals surface area (Å²) in [5, 5.41) is 38.5. The Labute approximate surface area is 144 Å². The van der Waals surface area contributed by atoms with Crippen LogP contribution in [-0.4, -0.2) is 16.7 Å². The fraction of sp³-hybridized carbons (Fsp3) is 0.500. The molecule has 3 fully saturated rings. The van der Waals surface area contributed by atoms with E-state index in [0.717, 1.165) is 12.8 Å². The molecule has 0 spiro atoms. The van der Waals surface area contributed by atoms with E-state index in [9.17, 15) is 15.8 Å². The Morgan fingerprint density at radius 3 is 2.48 bits per heavy atom. The van der Waals surface area contributed by atoms with E-state index in [0.29, 0.717) is 18.4 Å². The molecule has 0 unspecified atom stereocenters. The summed E-state index contributed by atoms with van der Waals surface area (Å²) in [6, 6.07) is 9.58. The summed E-state index contributed by atoms with van der Waals surface area (Å²) in [4.78, 5) is 3.97. The van der Waals surface area contributed by atoms with Gasteiger partial charge in [0.1, 0.15) is 6.10 Å². The van der Waals surface area contributed by atoms with Crippen molar-refractivity contribution in [1.29, 1.82) is 21.2 Å². The van der Waals surface area contributed by atoms with Gasteiger partial charge in [0.2, 0.25) is 17.1 Å². The van der Waals surface area contributed by atoms with Gasteiger partial charge in [0, 0.05) is 18.8 Å². The van der Waals surface area contributed by atoms with Gasteiger partial charge in [-0.1, -0.05) is 6.42 Å². The average molecular weight is 333 g/mol. The Bertz CT molecular complexity index is 850. The molecule has 4 atom stereocenters. The maximum atomic E-state index is 10.1. The van der Waals surface area contributed by atoms with Gasteiger partial charge in [-0.05, 0) is 30.5 Å². The van der Waals surface area contributed by atoms with Crippen LogP contribution in [0.15, 0.2) is 24.5 Å². The van der Waals surface area contributed by atoms with E-state index in [4.69, 9.17) is 14.9 Å². The quantitative estimate of drug-likeness (QED) is 0.841. The number of hydrogen-bond donors (Lipinski definition) is 1. The third-order valence-electron chi connectivity index (χ3n) is 5.83. The normalized spacial score (nSPS) is 37.7. The molecule has 0 amide bonds. The van der Waals surface area contributed by atoms with E-state index in [1.165, 1.54) is 0 Å². The summed E-state index contributed by atoms with van der Waals surface area (Å²) in [5.41, 5.74) is -2.91. The van der Waals surface area contributed by atoms with Gasteiger partial charge >= 0.3 is 0 Å². The van der Waals surface area contributed by atoms with E-state index < -0.39 is 28.6 Å². The van der Waals surface area contributed by atoms with Crippen LogP contribution in [0.4, 0.5) is 0 Å². The number of hydrogen-bond acceptors (Lipinski definition) is 7. The first-order valence-corrected chi connectivity index (χ1v) is 8.20. The number of pyridine rings is 1. The van der Waals surface area contributed by atoms with Crippen LogP contribution in [0.2, 0.25) is 0 Å². The number of nitriles is 3. The van der Waals surface area contributed by atoms with Gasteiger partial charge in [0.05, 0.1) is 24.1 Å². The van der Waals surface area contributed by atoms with Crippen molar-refractivity contribution < 1.29 is 9.47 Å². The van der Waals surface area contributed by atoms with Crippen molar-refractivity contribution in [2.24, 2.45) is 16.7 Å². The summed E-state index contributed by atoms with van der Waals surface area (Å²) in [6.07, 6.45) is 4.94. The van der Waals surface area contributed by atoms with Crippen LogP contribution in [0, 0.1) is 56.2 Å². The summed E-state index contributed by atoms with van der Waals surface area (Å²) >= 11 is 0. The standard InChI is InChI=1S/C18H15N5O2/c19-9-16(10-20)14(12-4-7-23-8-5-12)24-18-6-2-1-3-13(18)17(16,11-21)15(22)25-18/h4-5,7-8,13-14,22H,1-3,6H2/t13-,14+,17+,18-/m1/s1. The number of aromatic nitrogens is 1. The molecular formula is C18H15N5O2. The van der Waals surface area contributed by atoms with Crippen LogP contribution < -0.4 is 0 Å². The molecule has 7 heteroatoms. The Hall–Kier alpha value is -2.95. The smallest absolute Gasteiger partial charge is 0.217 e. The second-order valence-corrected chi connectivity index (χ2v) is 6.77. The van der Waals surface area contributed by atoms with Crippen molar-refractivity contribution in [1.82, 2.24) is 4.98 Å². The van der Waals surface area contributed by atoms with E-state index in [-0.39, 0.29) is 5.90 Å². The summed E-state index contributed by atoms with van der Waals surface area (Å²) in [5.74, 6) is -1.93. The molecule has 2 saturated heterocycles. The van der Waals surface area contributed by atoms with Gasteiger partial charge in [-0.3, -0.25) is 10.4 Å². The minimum Gasteiger partial charge on any atom is -0.447 e. The maximum absolute atomic E-state index is 10.1. The number of nitrogens with zero attached hydrogens (tertiary/aromatic N) is 4. The highest BCUT2D eigenvalue weighted by atomic mass is 16.7. The lowest BCUT2D eigenvalue weighted by atomic mass is 9.51. The van der Waals surface area contributed by atoms with E-state index >= 15 is 0 Å². The van der Waals surface area contributed by atoms with Gasteiger partial charge in [0.25, 0.3) is 0 Å². The Kier molecular flexibility index (Phi) is 3.13. The zero-order valence-corrected chi connectivity index (χ0v) is 13.4. The molecule has 1 aromatic heterocycles. The van der Waals surface area contributed by atoms with Gasteiger partial charge in [-0.25, -0.2) is 0 Å². The molecule has 1 saturated carbocycles. The lowest BCUT2D eigenvalue weighted by Crippen LogP contribution is -2.60. The average Bonchev–Trinajstić information content (AvgIpc) is 2.87. The lowest BCUT2D eigenvalue weighted by Gasteiger charge is -2.51. The van der Waals surface area contributed by atoms with E-state index in [1.807, 2.05) is 12.1 Å². The van der Waals surface area contributed by atoms with Crippen LogP contribution in [-0.2, 0) is 9.47 Å². The fourth-order valence-electron chi connectivity index (χ4n) is 4.70.